The van der Waals surface area contributed by atoms with Gasteiger partial charge in [0.1, 0.15) is 0 Å². The summed E-state index contributed by atoms with van der Waals surface area (Å²) in [5.41, 5.74) is 6.32. The van der Waals surface area contributed by atoms with E-state index < -0.39 is 7.12 Å². The molecule has 0 aromatic heterocycles. The quantitative estimate of drug-likeness (QED) is 0.324. The van der Waals surface area contributed by atoms with E-state index >= 15 is 0 Å². The van der Waals surface area contributed by atoms with Gasteiger partial charge in [0.05, 0.1) is 0 Å². The normalized spacial score (nSPS) is 11.0. The van der Waals surface area contributed by atoms with Crippen LogP contribution in [0, 0.1) is 0 Å². The first-order valence-electron chi connectivity index (χ1n) is 10.9. The molecule has 5 aromatic carbocycles. The molecule has 0 saturated carbocycles. The molecule has 0 bridgehead atoms. The Hall–Kier alpha value is -3.92. The van der Waals surface area contributed by atoms with Crippen LogP contribution in [0.2, 0.25) is 0 Å². The number of benzene rings is 5. The van der Waals surface area contributed by atoms with Gasteiger partial charge < -0.3 is 10.0 Å². The third-order valence-corrected chi connectivity index (χ3v) is 6.26. The lowest BCUT2D eigenvalue weighted by atomic mass is 9.70. The van der Waals surface area contributed by atoms with Gasteiger partial charge in [0.2, 0.25) is 0 Å². The molecule has 0 heterocycles. The topological polar surface area (TPSA) is 40.5 Å². The summed E-state index contributed by atoms with van der Waals surface area (Å²) in [6.45, 7) is 7.95. The molecule has 0 radical (unpaired) electrons. The maximum Gasteiger partial charge on any atom is 0.489 e. The first-order valence-corrected chi connectivity index (χ1v) is 10.9. The van der Waals surface area contributed by atoms with Crippen LogP contribution in [0.5, 0.6) is 0 Å². The summed E-state index contributed by atoms with van der Waals surface area (Å²) in [6, 6.07) is 31.1. The predicted molar refractivity (Wildman–Crippen MR) is 142 cm³/mol. The minimum absolute atomic E-state index is 0.451. The molecule has 0 fully saturated rings. The zero-order valence-corrected chi connectivity index (χ0v) is 18.2. The molecule has 33 heavy (non-hydrogen) atoms. The Morgan fingerprint density at radius 3 is 1.82 bits per heavy atom. The summed E-state index contributed by atoms with van der Waals surface area (Å²) in [6.07, 6.45) is 3.44. The highest BCUT2D eigenvalue weighted by Crippen LogP contribution is 2.36. The molecule has 0 aliphatic heterocycles. The van der Waals surface area contributed by atoms with E-state index in [0.29, 0.717) is 11.0 Å². The van der Waals surface area contributed by atoms with E-state index in [1.165, 1.54) is 16.3 Å². The Bertz CT molecular complexity index is 1510. The van der Waals surface area contributed by atoms with E-state index in [-0.39, 0.29) is 0 Å². The van der Waals surface area contributed by atoms with Crippen molar-refractivity contribution in [3.05, 3.63) is 115 Å². The van der Waals surface area contributed by atoms with Crippen LogP contribution in [0.25, 0.3) is 56.0 Å². The van der Waals surface area contributed by atoms with Gasteiger partial charge in [-0.05, 0) is 66.5 Å². The molecule has 5 rings (SSSR count). The summed E-state index contributed by atoms with van der Waals surface area (Å²) >= 11 is 0. The fourth-order valence-corrected chi connectivity index (χ4v) is 4.73. The van der Waals surface area contributed by atoms with Gasteiger partial charge in [0.25, 0.3) is 0 Å². The standard InChI is InChI=1S/C30H23BO2/c1-3-25-26(4-2)30(31(32)33)28-12-8-7-11-27(28)29(25)22-16-13-21(14-17-22)24-18-15-20-9-5-6-10-23(20)19-24/h3-19,32-33H,1-2H2. The van der Waals surface area contributed by atoms with Crippen molar-refractivity contribution in [2.24, 2.45) is 0 Å². The van der Waals surface area contributed by atoms with Gasteiger partial charge in [0.15, 0.2) is 0 Å². The summed E-state index contributed by atoms with van der Waals surface area (Å²) in [5.74, 6) is 0. The van der Waals surface area contributed by atoms with Crippen molar-refractivity contribution in [3.63, 3.8) is 0 Å². The predicted octanol–water partition coefficient (Wildman–Crippen LogP) is 6.29. The van der Waals surface area contributed by atoms with E-state index in [4.69, 9.17) is 0 Å². The molecule has 0 atom stereocenters. The van der Waals surface area contributed by atoms with Crippen LogP contribution in [0.3, 0.4) is 0 Å². The van der Waals surface area contributed by atoms with Crippen molar-refractivity contribution in [3.8, 4) is 22.3 Å². The Balaban J connectivity index is 1.70. The molecular weight excluding hydrogens is 403 g/mol. The summed E-state index contributed by atoms with van der Waals surface area (Å²) in [7, 11) is -1.61. The van der Waals surface area contributed by atoms with Gasteiger partial charge in [0, 0.05) is 0 Å². The number of fused-ring (bicyclic) bond motifs is 2. The van der Waals surface area contributed by atoms with Crippen LogP contribution in [0.15, 0.2) is 104 Å². The van der Waals surface area contributed by atoms with E-state index in [0.717, 1.165) is 33.0 Å². The van der Waals surface area contributed by atoms with E-state index in [1.807, 2.05) is 24.3 Å². The highest BCUT2D eigenvalue weighted by atomic mass is 16.4. The lowest BCUT2D eigenvalue weighted by Crippen LogP contribution is -2.33. The fraction of sp³-hybridized carbons (Fsp3) is 0. The highest BCUT2D eigenvalue weighted by molar-refractivity contribution is 6.63. The van der Waals surface area contributed by atoms with Crippen molar-refractivity contribution < 1.29 is 10.0 Å². The molecule has 0 aliphatic carbocycles. The van der Waals surface area contributed by atoms with Gasteiger partial charge in [-0.3, -0.25) is 0 Å². The van der Waals surface area contributed by atoms with Crippen molar-refractivity contribution >= 4 is 46.3 Å². The second kappa shape index (κ2) is 8.55. The van der Waals surface area contributed by atoms with E-state index in [2.05, 4.69) is 79.9 Å². The van der Waals surface area contributed by atoms with E-state index in [1.54, 1.807) is 12.2 Å². The van der Waals surface area contributed by atoms with Gasteiger partial charge in [-0.25, -0.2) is 0 Å². The molecule has 2 N–H and O–H groups in total. The molecule has 5 aromatic rings. The molecule has 0 amide bonds. The van der Waals surface area contributed by atoms with Crippen LogP contribution < -0.4 is 5.46 Å². The second-order valence-corrected chi connectivity index (χ2v) is 8.08. The summed E-state index contributed by atoms with van der Waals surface area (Å²) < 4.78 is 0. The molecule has 2 nitrogen and oxygen atoms in total. The lowest BCUT2D eigenvalue weighted by molar-refractivity contribution is 0.426. The van der Waals surface area contributed by atoms with Crippen LogP contribution in [-0.4, -0.2) is 17.2 Å². The second-order valence-electron chi connectivity index (χ2n) is 8.08. The maximum atomic E-state index is 10.1. The minimum atomic E-state index is -1.61. The smallest absolute Gasteiger partial charge is 0.423 e. The molecule has 158 valence electrons. The van der Waals surface area contributed by atoms with Crippen LogP contribution >= 0.6 is 0 Å². The largest absolute Gasteiger partial charge is 0.489 e. The van der Waals surface area contributed by atoms with Gasteiger partial charge in [-0.2, -0.15) is 0 Å². The first kappa shape index (κ1) is 21.0. The molecule has 0 spiro atoms. The molecule has 0 unspecified atom stereocenters. The Morgan fingerprint density at radius 1 is 0.576 bits per heavy atom. The summed E-state index contributed by atoms with van der Waals surface area (Å²) in [5, 5.41) is 24.4. The number of hydrogen-bond donors (Lipinski definition) is 2. The average molecular weight is 426 g/mol. The zero-order chi connectivity index (χ0) is 22.9. The van der Waals surface area contributed by atoms with Gasteiger partial charge >= 0.3 is 7.12 Å². The number of hydrogen-bond acceptors (Lipinski definition) is 2. The monoisotopic (exact) mass is 426 g/mol. The van der Waals surface area contributed by atoms with Gasteiger partial charge in [-0.1, -0.05) is 110 Å². The molecule has 3 heteroatoms. The van der Waals surface area contributed by atoms with Crippen molar-refractivity contribution in [1.82, 2.24) is 0 Å². The Kier molecular flexibility index (Phi) is 5.43. The van der Waals surface area contributed by atoms with Crippen molar-refractivity contribution in [1.29, 1.82) is 0 Å². The molecule has 0 saturated heterocycles. The summed E-state index contributed by atoms with van der Waals surface area (Å²) in [4.78, 5) is 0. The lowest BCUT2D eigenvalue weighted by Gasteiger charge is -2.19. The third kappa shape index (κ3) is 3.58. The van der Waals surface area contributed by atoms with Crippen LogP contribution in [-0.2, 0) is 0 Å². The van der Waals surface area contributed by atoms with E-state index in [9.17, 15) is 10.0 Å². The maximum absolute atomic E-state index is 10.1. The van der Waals surface area contributed by atoms with Crippen molar-refractivity contribution in [2.75, 3.05) is 0 Å². The minimum Gasteiger partial charge on any atom is -0.423 e. The fourth-order valence-electron chi connectivity index (χ4n) is 4.73. The van der Waals surface area contributed by atoms with Gasteiger partial charge in [-0.15, -0.1) is 0 Å². The SMILES string of the molecule is C=Cc1c(C=C)c(-c2ccc(-c3ccc4ccccc4c3)cc2)c2ccccc2c1B(O)O. The highest BCUT2D eigenvalue weighted by Gasteiger charge is 2.24. The molecular formula is C30H23BO2. The zero-order valence-electron chi connectivity index (χ0n) is 18.2. The Labute approximate surface area is 193 Å². The first-order chi connectivity index (χ1) is 16.1. The molecule has 0 aliphatic rings. The average Bonchev–Trinajstić information content (AvgIpc) is 2.86. The Morgan fingerprint density at radius 2 is 1.15 bits per heavy atom. The number of rotatable bonds is 5. The third-order valence-electron chi connectivity index (χ3n) is 6.26. The van der Waals surface area contributed by atoms with Crippen LogP contribution in [0.1, 0.15) is 11.1 Å². The van der Waals surface area contributed by atoms with Crippen molar-refractivity contribution in [2.45, 2.75) is 0 Å². The van der Waals surface area contributed by atoms with Crippen LogP contribution in [0.4, 0.5) is 0 Å².